The van der Waals surface area contributed by atoms with Crippen molar-refractivity contribution in [2.24, 2.45) is 16.7 Å². The SMILES string of the molecule is CC(=O)O[C@H]1C(=O)[C@]2(C)C(O)C[C@H]3OC[C@@]3(OC(C)=O)C2[C@H](OC(=O)c2ccccc2)[C@]2(O)C[C@H](OC(=O)[C@H](O[Si](C)(C)C(C)(C)C)C(NC(=O)c3ccccc3)c3ccccc3)C(C)=C1C2(C)C. The highest BCUT2D eigenvalue weighted by Gasteiger charge is 2.78. The van der Waals surface area contributed by atoms with E-state index < -0.39 is 126 Å². The van der Waals surface area contributed by atoms with Gasteiger partial charge in [0.2, 0.25) is 0 Å². The molecule has 3 fully saturated rings. The molecule has 3 N–H and O–H groups in total. The van der Waals surface area contributed by atoms with Crippen molar-refractivity contribution < 1.29 is 67.1 Å². The molecule has 0 spiro atoms. The van der Waals surface area contributed by atoms with E-state index >= 15 is 9.59 Å². The molecule has 2 bridgehead atoms. The molecule has 1 saturated heterocycles. The van der Waals surface area contributed by atoms with Gasteiger partial charge in [0.05, 0.1) is 35.6 Å². The molecular formula is C53H65NO14Si. The largest absolute Gasteiger partial charge is 0.456 e. The van der Waals surface area contributed by atoms with Crippen molar-refractivity contribution in [1.29, 1.82) is 0 Å². The summed E-state index contributed by atoms with van der Waals surface area (Å²) in [7, 11) is -2.93. The summed E-state index contributed by atoms with van der Waals surface area (Å²) in [5.74, 6) is -6.32. The number of carbonyl (C=O) groups excluding carboxylic acids is 6. The average Bonchev–Trinajstić information content (AvgIpc) is 3.28. The Kier molecular flexibility index (Phi) is 13.9. The Morgan fingerprint density at radius 3 is 1.91 bits per heavy atom. The lowest BCUT2D eigenvalue weighted by Crippen LogP contribution is -2.82. The van der Waals surface area contributed by atoms with Gasteiger partial charge >= 0.3 is 23.9 Å². The number of hydrogen-bond acceptors (Lipinski definition) is 14. The third kappa shape index (κ3) is 8.98. The van der Waals surface area contributed by atoms with E-state index in [4.69, 9.17) is 28.1 Å². The second-order valence-electron chi connectivity index (χ2n) is 21.2. The summed E-state index contributed by atoms with van der Waals surface area (Å²) in [5.41, 5.74) is -6.59. The monoisotopic (exact) mass is 967 g/mol. The Hall–Kier alpha value is -5.52. The van der Waals surface area contributed by atoms with Crippen LogP contribution in [0.5, 0.6) is 0 Å². The summed E-state index contributed by atoms with van der Waals surface area (Å²) in [4.78, 5) is 86.2. The topological polar surface area (TPSA) is 210 Å². The van der Waals surface area contributed by atoms with Gasteiger partial charge in [-0.3, -0.25) is 19.2 Å². The van der Waals surface area contributed by atoms with Crippen molar-refractivity contribution in [3.63, 3.8) is 0 Å². The molecule has 2 saturated carbocycles. The number of aliphatic hydroxyl groups excluding tert-OH is 1. The van der Waals surface area contributed by atoms with Crippen LogP contribution in [0.2, 0.25) is 18.1 Å². The third-order valence-electron chi connectivity index (χ3n) is 15.7. The second-order valence-corrected chi connectivity index (χ2v) is 26.0. The minimum absolute atomic E-state index is 0.0502. The van der Waals surface area contributed by atoms with Crippen LogP contribution in [0.3, 0.4) is 0 Å². The second kappa shape index (κ2) is 18.7. The van der Waals surface area contributed by atoms with Gasteiger partial charge in [0.1, 0.15) is 23.9 Å². The standard InChI is InChI=1S/C53H65NO14Si/c1-30-36(65-48(61)42(68-69(10,11)49(4,5)6)40(33-21-15-12-16-22-33)54-46(59)34-23-17-13-18-24-34)28-53(62)45(66-47(60)35-25-19-14-20-26-35)43-51(9,37(57)27-38-52(43,29-63-38)67-32(3)56)44(58)41(64-31(2)55)39(30)50(53,7)8/h12-26,36-38,40-43,45,57,62H,27-29H2,1-11H3,(H,54,59)/t36-,37?,38+,40?,41+,42+,43?,45-,51+,52-,53+/m0/s1. The van der Waals surface area contributed by atoms with E-state index in [0.29, 0.717) is 11.1 Å². The number of Topliss-reactive ketones (excluding diaryl/α,β-unsaturated/α-hetero) is 1. The summed E-state index contributed by atoms with van der Waals surface area (Å²) in [6, 6.07) is 24.2. The summed E-state index contributed by atoms with van der Waals surface area (Å²) in [6.07, 6.45) is -9.79. The minimum atomic E-state index is -2.93. The number of ether oxygens (including phenoxy) is 5. The number of hydrogen-bond donors (Lipinski definition) is 3. The van der Waals surface area contributed by atoms with Crippen molar-refractivity contribution in [3.05, 3.63) is 119 Å². The molecule has 11 atom stereocenters. The molecule has 3 unspecified atom stereocenters. The predicted octanol–water partition coefficient (Wildman–Crippen LogP) is 6.77. The summed E-state index contributed by atoms with van der Waals surface area (Å²) >= 11 is 0. The van der Waals surface area contributed by atoms with Gasteiger partial charge in [-0.2, -0.15) is 0 Å². The first kappa shape index (κ1) is 51.3. The van der Waals surface area contributed by atoms with Crippen molar-refractivity contribution in [3.8, 4) is 0 Å². The number of benzene rings is 3. The highest BCUT2D eigenvalue weighted by molar-refractivity contribution is 6.74. The molecule has 1 aliphatic heterocycles. The Balaban J connectivity index is 1.44. The van der Waals surface area contributed by atoms with E-state index in [1.165, 1.54) is 26.0 Å². The third-order valence-corrected chi connectivity index (χ3v) is 20.1. The van der Waals surface area contributed by atoms with Crippen LogP contribution in [-0.4, -0.2) is 109 Å². The maximum atomic E-state index is 15.8. The summed E-state index contributed by atoms with van der Waals surface area (Å²) in [6.45, 7) is 18.2. The molecule has 15 nitrogen and oxygen atoms in total. The molecule has 69 heavy (non-hydrogen) atoms. The van der Waals surface area contributed by atoms with Gasteiger partial charge in [0, 0.05) is 37.7 Å². The van der Waals surface area contributed by atoms with Gasteiger partial charge < -0.3 is 43.6 Å². The van der Waals surface area contributed by atoms with Crippen molar-refractivity contribution in [2.75, 3.05) is 6.61 Å². The van der Waals surface area contributed by atoms with Crippen LogP contribution < -0.4 is 5.32 Å². The first-order valence-corrected chi connectivity index (χ1v) is 26.3. The first-order chi connectivity index (χ1) is 32.2. The smallest absolute Gasteiger partial charge is 0.338 e. The molecule has 0 aromatic heterocycles. The molecule has 3 aromatic rings. The highest BCUT2D eigenvalue weighted by atomic mass is 28.4. The Morgan fingerprint density at radius 2 is 1.39 bits per heavy atom. The normalized spacial score (nSPS) is 30.4. The predicted molar refractivity (Wildman–Crippen MR) is 254 cm³/mol. The number of rotatable bonds is 12. The lowest BCUT2D eigenvalue weighted by atomic mass is 9.44. The number of fused-ring (bicyclic) bond motifs is 5. The minimum Gasteiger partial charge on any atom is -0.456 e. The van der Waals surface area contributed by atoms with E-state index in [1.54, 1.807) is 99.6 Å². The van der Waals surface area contributed by atoms with E-state index in [2.05, 4.69) is 5.32 Å². The van der Waals surface area contributed by atoms with E-state index in [0.717, 1.165) is 6.92 Å². The average molecular weight is 968 g/mol. The molecule has 1 heterocycles. The molecular weight excluding hydrogens is 903 g/mol. The number of ketones is 1. The maximum absolute atomic E-state index is 15.8. The Labute approximate surface area is 404 Å². The van der Waals surface area contributed by atoms with Crippen LogP contribution in [-0.2, 0) is 47.3 Å². The van der Waals surface area contributed by atoms with Gasteiger partial charge in [0.15, 0.2) is 31.9 Å². The molecule has 1 amide bonds. The molecule has 16 heteroatoms. The number of carbonyl (C=O) groups is 6. The maximum Gasteiger partial charge on any atom is 0.338 e. The zero-order valence-electron chi connectivity index (χ0n) is 41.2. The van der Waals surface area contributed by atoms with Crippen LogP contribution in [0.4, 0.5) is 0 Å². The quantitative estimate of drug-likeness (QED) is 0.0741. The number of esters is 4. The molecule has 7 rings (SSSR count). The molecule has 3 aliphatic carbocycles. The number of aliphatic hydroxyl groups is 2. The number of amides is 1. The number of nitrogens with one attached hydrogen (secondary N) is 1. The van der Waals surface area contributed by atoms with Gasteiger partial charge in [-0.1, -0.05) is 101 Å². The van der Waals surface area contributed by atoms with Gasteiger partial charge in [-0.15, -0.1) is 0 Å². The molecule has 4 aliphatic rings. The fraction of sp³-hybridized carbons (Fsp3) is 0.509. The van der Waals surface area contributed by atoms with Crippen molar-refractivity contribution in [2.45, 2.75) is 147 Å². The van der Waals surface area contributed by atoms with Gasteiger partial charge in [-0.25, -0.2) is 9.59 Å². The van der Waals surface area contributed by atoms with Crippen LogP contribution >= 0.6 is 0 Å². The van der Waals surface area contributed by atoms with Crippen molar-refractivity contribution in [1.82, 2.24) is 5.32 Å². The van der Waals surface area contributed by atoms with Gasteiger partial charge in [-0.05, 0) is 73.0 Å². The van der Waals surface area contributed by atoms with Crippen molar-refractivity contribution >= 4 is 43.9 Å². The fourth-order valence-electron chi connectivity index (χ4n) is 10.8. The molecule has 370 valence electrons. The summed E-state index contributed by atoms with van der Waals surface area (Å²) < 4.78 is 38.2. The Bertz CT molecular complexity index is 2510. The molecule has 0 radical (unpaired) electrons. The lowest BCUT2D eigenvalue weighted by Gasteiger charge is -2.67. The molecule has 3 aromatic carbocycles. The van der Waals surface area contributed by atoms with Gasteiger partial charge in [0.25, 0.3) is 5.91 Å². The highest BCUT2D eigenvalue weighted by Crippen LogP contribution is 2.64. The van der Waals surface area contributed by atoms with Crippen LogP contribution in [0, 0.1) is 16.7 Å². The lowest BCUT2D eigenvalue weighted by molar-refractivity contribution is -0.346. The zero-order chi connectivity index (χ0) is 50.6. The Morgan fingerprint density at radius 1 is 0.826 bits per heavy atom. The van der Waals surface area contributed by atoms with Crippen LogP contribution in [0.25, 0.3) is 0 Å². The zero-order valence-corrected chi connectivity index (χ0v) is 42.2. The van der Waals surface area contributed by atoms with Crippen LogP contribution in [0.15, 0.2) is 102 Å². The fourth-order valence-corrected chi connectivity index (χ4v) is 12.0. The van der Waals surface area contributed by atoms with E-state index in [1.807, 2.05) is 33.9 Å². The van der Waals surface area contributed by atoms with E-state index in [9.17, 15) is 29.4 Å². The van der Waals surface area contributed by atoms with Crippen LogP contribution in [0.1, 0.15) is 107 Å². The van der Waals surface area contributed by atoms with E-state index in [-0.39, 0.29) is 29.7 Å². The summed E-state index contributed by atoms with van der Waals surface area (Å²) in [5, 5.41) is 28.8. The first-order valence-electron chi connectivity index (χ1n) is 23.4.